The van der Waals surface area contributed by atoms with Gasteiger partial charge in [-0.2, -0.15) is 0 Å². The van der Waals surface area contributed by atoms with Gasteiger partial charge in [-0.15, -0.1) is 0 Å². The predicted molar refractivity (Wildman–Crippen MR) is 48.1 cm³/mol. The molecule has 5 heteroatoms. The van der Waals surface area contributed by atoms with Crippen molar-refractivity contribution in [3.63, 3.8) is 0 Å². The third-order valence-electron chi connectivity index (χ3n) is 1.31. The number of hydrogen-bond donors (Lipinski definition) is 0. The van der Waals surface area contributed by atoms with Gasteiger partial charge in [0.15, 0.2) is 5.82 Å². The van der Waals surface area contributed by atoms with Crippen LogP contribution in [0.3, 0.4) is 0 Å². The molecule has 3 nitrogen and oxygen atoms in total. The van der Waals surface area contributed by atoms with Crippen LogP contribution in [0.25, 0.3) is 0 Å². The maximum absolute atomic E-state index is 12.9. The van der Waals surface area contributed by atoms with E-state index in [9.17, 15) is 9.18 Å². The molecule has 14 heavy (non-hydrogen) atoms. The van der Waals surface area contributed by atoms with Crippen molar-refractivity contribution in [1.29, 1.82) is 0 Å². The molecule has 0 saturated carbocycles. The third-order valence-corrected chi connectivity index (χ3v) is 1.51. The van der Waals surface area contributed by atoms with Crippen molar-refractivity contribution < 1.29 is 13.9 Å². The van der Waals surface area contributed by atoms with Crippen molar-refractivity contribution in [3.8, 4) is 11.8 Å². The Hall–Kier alpha value is -1.60. The zero-order chi connectivity index (χ0) is 10.6. The first kappa shape index (κ1) is 10.5. The lowest BCUT2D eigenvalue weighted by Crippen LogP contribution is -1.95. The highest BCUT2D eigenvalue weighted by molar-refractivity contribution is 6.29. The Morgan fingerprint density at radius 2 is 2.43 bits per heavy atom. The van der Waals surface area contributed by atoms with Crippen LogP contribution in [0.5, 0.6) is 0 Å². The van der Waals surface area contributed by atoms with Crippen LogP contribution in [0.15, 0.2) is 12.3 Å². The zero-order valence-corrected chi connectivity index (χ0v) is 7.93. The first-order chi connectivity index (χ1) is 6.63. The Balaban J connectivity index is 3.00. The van der Waals surface area contributed by atoms with Crippen LogP contribution >= 0.6 is 11.6 Å². The number of esters is 1. The van der Waals surface area contributed by atoms with E-state index in [1.807, 2.05) is 0 Å². The summed E-state index contributed by atoms with van der Waals surface area (Å²) in [7, 11) is 1.19. The fourth-order valence-corrected chi connectivity index (χ4v) is 0.836. The lowest BCUT2D eigenvalue weighted by molar-refractivity contribution is -0.133. The number of halogens is 2. The summed E-state index contributed by atoms with van der Waals surface area (Å²) >= 11 is 5.50. The second kappa shape index (κ2) is 4.58. The van der Waals surface area contributed by atoms with E-state index in [0.29, 0.717) is 0 Å². The largest absolute Gasteiger partial charge is 0.459 e. The number of carbonyl (C=O) groups is 1. The number of pyridine rings is 1. The fourth-order valence-electron chi connectivity index (χ4n) is 0.678. The minimum absolute atomic E-state index is 0.00963. The summed E-state index contributed by atoms with van der Waals surface area (Å²) in [6.07, 6.45) is 0.934. The van der Waals surface area contributed by atoms with E-state index in [-0.39, 0.29) is 10.7 Å². The van der Waals surface area contributed by atoms with Gasteiger partial charge in [0, 0.05) is 5.92 Å². The molecule has 0 saturated heterocycles. The maximum Gasteiger partial charge on any atom is 0.384 e. The van der Waals surface area contributed by atoms with Crippen molar-refractivity contribution in [3.05, 3.63) is 28.8 Å². The predicted octanol–water partition coefficient (Wildman–Crippen LogP) is 1.40. The molecule has 72 valence electrons. The number of hydrogen-bond acceptors (Lipinski definition) is 3. The Morgan fingerprint density at radius 1 is 1.71 bits per heavy atom. The van der Waals surface area contributed by atoms with E-state index >= 15 is 0 Å². The van der Waals surface area contributed by atoms with Crippen LogP contribution in [0.2, 0.25) is 5.15 Å². The molecule has 0 atom stereocenters. The SMILES string of the molecule is COC(=O)C#Cc1cc(Cl)ncc1F. The normalized spacial score (nSPS) is 8.79. The van der Waals surface area contributed by atoms with Crippen LogP contribution in [0, 0.1) is 17.7 Å². The van der Waals surface area contributed by atoms with Crippen molar-refractivity contribution >= 4 is 17.6 Å². The third kappa shape index (κ3) is 2.71. The van der Waals surface area contributed by atoms with E-state index in [2.05, 4.69) is 21.6 Å². The molecule has 0 spiro atoms. The van der Waals surface area contributed by atoms with Crippen LogP contribution in [-0.4, -0.2) is 18.1 Å². The molecule has 1 heterocycles. The second-order valence-corrected chi connectivity index (χ2v) is 2.62. The summed E-state index contributed by atoms with van der Waals surface area (Å²) in [6.45, 7) is 0. The van der Waals surface area contributed by atoms with Gasteiger partial charge >= 0.3 is 5.97 Å². The Bertz CT molecular complexity index is 423. The highest BCUT2D eigenvalue weighted by Crippen LogP contribution is 2.09. The van der Waals surface area contributed by atoms with E-state index < -0.39 is 11.8 Å². The minimum atomic E-state index is -0.739. The first-order valence-electron chi connectivity index (χ1n) is 3.54. The molecular formula is C9H5ClFNO2. The highest BCUT2D eigenvalue weighted by atomic mass is 35.5. The minimum Gasteiger partial charge on any atom is -0.459 e. The van der Waals surface area contributed by atoms with Crippen LogP contribution < -0.4 is 0 Å². The molecule has 0 aliphatic rings. The number of methoxy groups -OCH3 is 1. The molecule has 1 aromatic heterocycles. The smallest absolute Gasteiger partial charge is 0.384 e. The van der Waals surface area contributed by atoms with E-state index in [1.165, 1.54) is 13.2 Å². The van der Waals surface area contributed by atoms with E-state index in [1.54, 1.807) is 0 Å². The molecule has 0 amide bonds. The summed E-state index contributed by atoms with van der Waals surface area (Å²) in [5.41, 5.74) is 0.00963. The molecule has 0 aromatic carbocycles. The molecular weight excluding hydrogens is 209 g/mol. The summed E-state index contributed by atoms with van der Waals surface area (Å²) in [4.78, 5) is 14.1. The van der Waals surface area contributed by atoms with Gasteiger partial charge in [-0.3, -0.25) is 0 Å². The lowest BCUT2D eigenvalue weighted by Gasteiger charge is -1.93. The Morgan fingerprint density at radius 3 is 3.07 bits per heavy atom. The standard InChI is InChI=1S/C9H5ClFNO2/c1-14-9(13)3-2-6-4-8(10)12-5-7(6)11/h4-5H,1H3. The molecule has 0 N–H and O–H groups in total. The molecule has 0 fully saturated rings. The molecule has 0 unspecified atom stereocenters. The average Bonchev–Trinajstić information content (AvgIpc) is 2.19. The van der Waals surface area contributed by atoms with Crippen LogP contribution in [0.1, 0.15) is 5.56 Å². The van der Waals surface area contributed by atoms with Gasteiger partial charge in [0.2, 0.25) is 0 Å². The summed E-state index contributed by atoms with van der Waals surface area (Å²) in [5.74, 6) is 2.99. The second-order valence-electron chi connectivity index (χ2n) is 2.23. The van der Waals surface area contributed by atoms with Gasteiger partial charge < -0.3 is 4.74 Å². The van der Waals surface area contributed by atoms with Crippen LogP contribution in [-0.2, 0) is 9.53 Å². The number of rotatable bonds is 0. The Kier molecular flexibility index (Phi) is 3.43. The molecule has 1 aromatic rings. The van der Waals surface area contributed by atoms with Gasteiger partial charge in [0.05, 0.1) is 18.9 Å². The number of carbonyl (C=O) groups excluding carboxylic acids is 1. The van der Waals surface area contributed by atoms with E-state index in [4.69, 9.17) is 11.6 Å². The number of ether oxygens (including phenoxy) is 1. The quantitative estimate of drug-likeness (QED) is 0.372. The topological polar surface area (TPSA) is 39.2 Å². The van der Waals surface area contributed by atoms with Crippen molar-refractivity contribution in [1.82, 2.24) is 4.98 Å². The van der Waals surface area contributed by atoms with Gasteiger partial charge in [-0.05, 0) is 6.07 Å². The monoisotopic (exact) mass is 213 g/mol. The van der Waals surface area contributed by atoms with Crippen LogP contribution in [0.4, 0.5) is 4.39 Å². The molecule has 0 aliphatic heterocycles. The van der Waals surface area contributed by atoms with Gasteiger partial charge in [-0.1, -0.05) is 17.5 Å². The molecule has 1 rings (SSSR count). The number of aromatic nitrogens is 1. The lowest BCUT2D eigenvalue weighted by atomic mass is 10.2. The zero-order valence-electron chi connectivity index (χ0n) is 7.17. The maximum atomic E-state index is 12.9. The van der Waals surface area contributed by atoms with Gasteiger partial charge in [-0.25, -0.2) is 14.2 Å². The van der Waals surface area contributed by atoms with E-state index in [0.717, 1.165) is 6.20 Å². The Labute approximate surface area is 84.9 Å². The molecule has 0 radical (unpaired) electrons. The first-order valence-corrected chi connectivity index (χ1v) is 3.92. The number of nitrogens with zero attached hydrogens (tertiary/aromatic N) is 1. The summed E-state index contributed by atoms with van der Waals surface area (Å²) in [5, 5.41) is 0.112. The fraction of sp³-hybridized carbons (Fsp3) is 0.111. The summed E-state index contributed by atoms with van der Waals surface area (Å²) < 4.78 is 17.2. The van der Waals surface area contributed by atoms with Crippen molar-refractivity contribution in [2.45, 2.75) is 0 Å². The van der Waals surface area contributed by atoms with Crippen molar-refractivity contribution in [2.75, 3.05) is 7.11 Å². The average molecular weight is 214 g/mol. The van der Waals surface area contributed by atoms with Gasteiger partial charge in [0.1, 0.15) is 5.15 Å². The molecule has 0 aliphatic carbocycles. The summed E-state index contributed by atoms with van der Waals surface area (Å²) in [6, 6.07) is 1.23. The molecule has 0 bridgehead atoms. The van der Waals surface area contributed by atoms with Gasteiger partial charge in [0.25, 0.3) is 0 Å². The van der Waals surface area contributed by atoms with Crippen molar-refractivity contribution in [2.24, 2.45) is 0 Å². The highest BCUT2D eigenvalue weighted by Gasteiger charge is 2.01.